The molecule has 1 saturated heterocycles. The van der Waals surface area contributed by atoms with Crippen molar-refractivity contribution in [2.24, 2.45) is 0 Å². The molecule has 2 N–H and O–H groups in total. The molecule has 1 unspecified atom stereocenters. The molecule has 1 rings (SSSR count). The lowest BCUT2D eigenvalue weighted by Gasteiger charge is -2.34. The summed E-state index contributed by atoms with van der Waals surface area (Å²) in [6.07, 6.45) is 3.41. The first kappa shape index (κ1) is 15.9. The minimum Gasteiger partial charge on any atom is -0.396 e. The van der Waals surface area contributed by atoms with Crippen molar-refractivity contribution >= 4 is 10.0 Å². The van der Waals surface area contributed by atoms with Crippen LogP contribution in [0.2, 0.25) is 0 Å². The molecule has 1 fully saturated rings. The SMILES string of the molecule is CC(C)NCCS(=O)(=O)N1CCCCC1CCO. The van der Waals surface area contributed by atoms with E-state index in [1.165, 1.54) is 0 Å². The van der Waals surface area contributed by atoms with Gasteiger partial charge in [-0.1, -0.05) is 20.3 Å². The van der Waals surface area contributed by atoms with Crippen molar-refractivity contribution < 1.29 is 13.5 Å². The predicted molar refractivity (Wildman–Crippen MR) is 73.0 cm³/mol. The summed E-state index contributed by atoms with van der Waals surface area (Å²) in [5.41, 5.74) is 0. The third-order valence-electron chi connectivity index (χ3n) is 3.31. The number of hydrogen-bond acceptors (Lipinski definition) is 4. The minimum atomic E-state index is -3.19. The van der Waals surface area contributed by atoms with E-state index >= 15 is 0 Å². The van der Waals surface area contributed by atoms with E-state index in [-0.39, 0.29) is 18.4 Å². The van der Waals surface area contributed by atoms with E-state index in [1.807, 2.05) is 13.8 Å². The molecule has 6 heteroatoms. The van der Waals surface area contributed by atoms with Gasteiger partial charge in [0.2, 0.25) is 10.0 Å². The van der Waals surface area contributed by atoms with E-state index in [0.717, 1.165) is 19.3 Å². The predicted octanol–water partition coefficient (Wildman–Crippen LogP) is 0.551. The van der Waals surface area contributed by atoms with Gasteiger partial charge in [0.05, 0.1) is 5.75 Å². The van der Waals surface area contributed by atoms with Gasteiger partial charge >= 0.3 is 0 Å². The Morgan fingerprint density at radius 3 is 2.72 bits per heavy atom. The van der Waals surface area contributed by atoms with Crippen molar-refractivity contribution in [1.29, 1.82) is 0 Å². The van der Waals surface area contributed by atoms with Crippen LogP contribution in [-0.4, -0.2) is 55.4 Å². The fraction of sp³-hybridized carbons (Fsp3) is 1.00. The molecule has 1 aliphatic heterocycles. The molecule has 0 radical (unpaired) electrons. The van der Waals surface area contributed by atoms with Crippen LogP contribution in [0.4, 0.5) is 0 Å². The maximum absolute atomic E-state index is 12.3. The Hall–Kier alpha value is -0.170. The Morgan fingerprint density at radius 1 is 1.39 bits per heavy atom. The molecule has 0 spiro atoms. The Labute approximate surface area is 111 Å². The van der Waals surface area contributed by atoms with Crippen molar-refractivity contribution in [3.8, 4) is 0 Å². The second-order valence-electron chi connectivity index (χ2n) is 5.20. The number of sulfonamides is 1. The number of nitrogens with one attached hydrogen (secondary N) is 1. The van der Waals surface area contributed by atoms with Gasteiger partial charge in [-0.2, -0.15) is 4.31 Å². The van der Waals surface area contributed by atoms with Crippen LogP contribution in [0.25, 0.3) is 0 Å². The van der Waals surface area contributed by atoms with Crippen molar-refractivity contribution in [2.75, 3.05) is 25.4 Å². The number of piperidine rings is 1. The first-order valence-electron chi connectivity index (χ1n) is 6.81. The Kier molecular flexibility index (Phi) is 6.55. The minimum absolute atomic E-state index is 0.00667. The molecular weight excluding hydrogens is 252 g/mol. The summed E-state index contributed by atoms with van der Waals surface area (Å²) in [5, 5.41) is 12.1. The van der Waals surface area contributed by atoms with Gasteiger partial charge in [-0.15, -0.1) is 0 Å². The number of aliphatic hydroxyl groups is 1. The fourth-order valence-electron chi connectivity index (χ4n) is 2.37. The Bertz CT molecular complexity index is 328. The van der Waals surface area contributed by atoms with E-state index in [4.69, 9.17) is 5.11 Å². The van der Waals surface area contributed by atoms with Crippen molar-refractivity contribution in [3.63, 3.8) is 0 Å². The van der Waals surface area contributed by atoms with Crippen LogP contribution < -0.4 is 5.32 Å². The van der Waals surface area contributed by atoms with Crippen LogP contribution in [0.5, 0.6) is 0 Å². The second kappa shape index (κ2) is 7.43. The number of rotatable bonds is 7. The van der Waals surface area contributed by atoms with Crippen LogP contribution in [0.3, 0.4) is 0 Å². The lowest BCUT2D eigenvalue weighted by Crippen LogP contribution is -2.46. The summed E-state index contributed by atoms with van der Waals surface area (Å²) >= 11 is 0. The van der Waals surface area contributed by atoms with Crippen molar-refractivity contribution in [3.05, 3.63) is 0 Å². The molecule has 0 aromatic heterocycles. The van der Waals surface area contributed by atoms with Crippen LogP contribution in [0, 0.1) is 0 Å². The number of hydrogen-bond donors (Lipinski definition) is 2. The van der Waals surface area contributed by atoms with E-state index < -0.39 is 10.0 Å². The molecule has 0 aromatic rings. The van der Waals surface area contributed by atoms with E-state index in [9.17, 15) is 8.42 Å². The van der Waals surface area contributed by atoms with Gasteiger partial charge in [0.25, 0.3) is 0 Å². The average Bonchev–Trinajstić information content (AvgIpc) is 2.29. The van der Waals surface area contributed by atoms with Gasteiger partial charge in [0, 0.05) is 31.8 Å². The second-order valence-corrected chi connectivity index (χ2v) is 7.24. The Balaban J connectivity index is 2.57. The maximum Gasteiger partial charge on any atom is 0.215 e. The van der Waals surface area contributed by atoms with E-state index in [2.05, 4.69) is 5.32 Å². The summed E-state index contributed by atoms with van der Waals surface area (Å²) in [6.45, 7) is 5.15. The highest BCUT2D eigenvalue weighted by molar-refractivity contribution is 7.89. The lowest BCUT2D eigenvalue weighted by molar-refractivity contribution is 0.192. The van der Waals surface area contributed by atoms with Crippen LogP contribution in [-0.2, 0) is 10.0 Å². The van der Waals surface area contributed by atoms with Gasteiger partial charge in [-0.05, 0) is 19.3 Å². The zero-order chi connectivity index (χ0) is 13.6. The molecule has 0 saturated carbocycles. The molecule has 0 aromatic carbocycles. The molecule has 1 heterocycles. The van der Waals surface area contributed by atoms with Gasteiger partial charge in [-0.25, -0.2) is 8.42 Å². The summed E-state index contributed by atoms with van der Waals surface area (Å²) in [7, 11) is -3.19. The van der Waals surface area contributed by atoms with Crippen molar-refractivity contribution in [2.45, 2.75) is 51.6 Å². The third-order valence-corrected chi connectivity index (χ3v) is 5.22. The fourth-order valence-corrected chi connectivity index (χ4v) is 4.05. The normalized spacial score (nSPS) is 22.6. The first-order chi connectivity index (χ1) is 8.47. The monoisotopic (exact) mass is 278 g/mol. The van der Waals surface area contributed by atoms with Gasteiger partial charge in [0.15, 0.2) is 0 Å². The van der Waals surface area contributed by atoms with Gasteiger partial charge in [-0.3, -0.25) is 0 Å². The molecule has 1 atom stereocenters. The average molecular weight is 278 g/mol. The van der Waals surface area contributed by atoms with Crippen molar-refractivity contribution in [1.82, 2.24) is 9.62 Å². The highest BCUT2D eigenvalue weighted by Crippen LogP contribution is 2.22. The zero-order valence-electron chi connectivity index (χ0n) is 11.4. The van der Waals surface area contributed by atoms with Crippen LogP contribution in [0.15, 0.2) is 0 Å². The zero-order valence-corrected chi connectivity index (χ0v) is 12.2. The summed E-state index contributed by atoms with van der Waals surface area (Å²) in [4.78, 5) is 0. The third kappa shape index (κ3) is 4.84. The number of aliphatic hydroxyl groups excluding tert-OH is 1. The number of nitrogens with zero attached hydrogens (tertiary/aromatic N) is 1. The molecule has 0 bridgehead atoms. The van der Waals surface area contributed by atoms with Crippen LogP contribution in [0.1, 0.15) is 39.5 Å². The first-order valence-corrected chi connectivity index (χ1v) is 8.42. The molecule has 1 aliphatic rings. The van der Waals surface area contributed by atoms with Crippen LogP contribution >= 0.6 is 0 Å². The topological polar surface area (TPSA) is 69.6 Å². The molecule has 108 valence electrons. The van der Waals surface area contributed by atoms with E-state index in [0.29, 0.717) is 25.6 Å². The highest BCUT2D eigenvalue weighted by atomic mass is 32.2. The molecule has 0 amide bonds. The summed E-state index contributed by atoms with van der Waals surface area (Å²) in [6, 6.07) is 0.294. The largest absolute Gasteiger partial charge is 0.396 e. The van der Waals surface area contributed by atoms with Gasteiger partial charge < -0.3 is 10.4 Å². The van der Waals surface area contributed by atoms with Gasteiger partial charge in [0.1, 0.15) is 0 Å². The summed E-state index contributed by atoms with van der Waals surface area (Å²) in [5.74, 6) is 0.146. The Morgan fingerprint density at radius 2 is 2.11 bits per heavy atom. The molecule has 18 heavy (non-hydrogen) atoms. The molecule has 5 nitrogen and oxygen atoms in total. The summed E-state index contributed by atoms with van der Waals surface area (Å²) < 4.78 is 26.1. The lowest BCUT2D eigenvalue weighted by atomic mass is 10.0. The molecule has 0 aliphatic carbocycles. The standard InChI is InChI=1S/C12H26N2O3S/c1-11(2)13-7-10-18(16,17)14-8-4-3-5-12(14)6-9-15/h11-13,15H,3-10H2,1-2H3. The maximum atomic E-state index is 12.3. The quantitative estimate of drug-likeness (QED) is 0.713. The highest BCUT2D eigenvalue weighted by Gasteiger charge is 2.31. The smallest absolute Gasteiger partial charge is 0.215 e. The van der Waals surface area contributed by atoms with E-state index in [1.54, 1.807) is 4.31 Å². The molecular formula is C12H26N2O3S.